The fourth-order valence-electron chi connectivity index (χ4n) is 1.88. The Morgan fingerprint density at radius 2 is 1.78 bits per heavy atom. The Balaban J connectivity index is 2.24. The lowest BCUT2D eigenvalue weighted by molar-refractivity contribution is -0.137. The predicted octanol–water partition coefficient (Wildman–Crippen LogP) is 3.62. The van der Waals surface area contributed by atoms with Crippen molar-refractivity contribution in [2.24, 2.45) is 4.99 Å². The van der Waals surface area contributed by atoms with E-state index in [0.29, 0.717) is 0 Å². The fourth-order valence-corrected chi connectivity index (χ4v) is 1.88. The van der Waals surface area contributed by atoms with E-state index in [4.69, 9.17) is 0 Å². The van der Waals surface area contributed by atoms with Gasteiger partial charge in [-0.05, 0) is 30.2 Å². The van der Waals surface area contributed by atoms with Crippen LogP contribution in [0.3, 0.4) is 0 Å². The van der Waals surface area contributed by atoms with Gasteiger partial charge in [-0.3, -0.25) is 4.99 Å². The molecule has 96 valence electrons. The van der Waals surface area contributed by atoms with Gasteiger partial charge in [0.05, 0.1) is 5.56 Å². The van der Waals surface area contributed by atoms with Crippen LogP contribution in [-0.2, 0) is 6.18 Å². The van der Waals surface area contributed by atoms with E-state index >= 15 is 0 Å². The van der Waals surface area contributed by atoms with E-state index in [1.54, 1.807) is 6.21 Å². The van der Waals surface area contributed by atoms with Crippen LogP contribution in [0.15, 0.2) is 41.0 Å². The Labute approximate surface area is 103 Å². The maximum Gasteiger partial charge on any atom is 0.416 e. The van der Waals surface area contributed by atoms with Crippen LogP contribution in [-0.4, -0.2) is 18.2 Å². The Morgan fingerprint density at radius 3 is 2.28 bits per heavy atom. The Hall–Kier alpha value is -1.78. The molecule has 0 spiro atoms. The zero-order chi connectivity index (χ0) is 13.3. The molecule has 0 aliphatic carbocycles. The SMILES string of the molecule is CC1=CN(C)C(c2ccc(C(F)(F)F)cc2)N=C1. The molecule has 1 unspecified atom stereocenters. The number of halogens is 3. The first-order valence-electron chi connectivity index (χ1n) is 5.48. The van der Waals surface area contributed by atoms with E-state index in [0.717, 1.165) is 23.3 Å². The highest BCUT2D eigenvalue weighted by molar-refractivity contribution is 5.78. The number of aliphatic imine (C=N–C) groups is 1. The summed E-state index contributed by atoms with van der Waals surface area (Å²) in [6.07, 6.45) is -0.912. The van der Waals surface area contributed by atoms with Gasteiger partial charge in [0.25, 0.3) is 0 Å². The number of alkyl halides is 3. The van der Waals surface area contributed by atoms with Crippen LogP contribution in [0, 0.1) is 0 Å². The quantitative estimate of drug-likeness (QED) is 0.747. The molecule has 2 nitrogen and oxygen atoms in total. The molecule has 0 saturated carbocycles. The minimum atomic E-state index is -4.29. The summed E-state index contributed by atoms with van der Waals surface area (Å²) in [6.45, 7) is 1.92. The molecule has 0 amide bonds. The van der Waals surface area contributed by atoms with E-state index in [-0.39, 0.29) is 6.17 Å². The monoisotopic (exact) mass is 254 g/mol. The predicted molar refractivity (Wildman–Crippen MR) is 64.2 cm³/mol. The first-order chi connectivity index (χ1) is 8.38. The number of rotatable bonds is 1. The molecule has 2 rings (SSSR count). The number of benzene rings is 1. The molecule has 0 N–H and O–H groups in total. The second-order valence-corrected chi connectivity index (χ2v) is 4.31. The smallest absolute Gasteiger partial charge is 0.355 e. The van der Waals surface area contributed by atoms with Crippen molar-refractivity contribution in [3.8, 4) is 0 Å². The number of hydrogen-bond donors (Lipinski definition) is 0. The van der Waals surface area contributed by atoms with Crippen molar-refractivity contribution in [1.82, 2.24) is 4.90 Å². The van der Waals surface area contributed by atoms with E-state index in [1.165, 1.54) is 12.1 Å². The second-order valence-electron chi connectivity index (χ2n) is 4.31. The number of nitrogens with zero attached hydrogens (tertiary/aromatic N) is 2. The zero-order valence-electron chi connectivity index (χ0n) is 10.1. The summed E-state index contributed by atoms with van der Waals surface area (Å²) in [6, 6.07) is 5.11. The summed E-state index contributed by atoms with van der Waals surface area (Å²) in [5.41, 5.74) is 1.12. The fraction of sp³-hybridized carbons (Fsp3) is 0.308. The van der Waals surface area contributed by atoms with Gasteiger partial charge in [0.1, 0.15) is 6.17 Å². The molecule has 1 aromatic rings. The summed E-state index contributed by atoms with van der Waals surface area (Å²) in [4.78, 5) is 6.18. The molecule has 0 aromatic heterocycles. The van der Waals surface area contributed by atoms with Crippen molar-refractivity contribution in [2.75, 3.05) is 7.05 Å². The molecule has 0 radical (unpaired) electrons. The molecule has 1 aromatic carbocycles. The van der Waals surface area contributed by atoms with Crippen LogP contribution < -0.4 is 0 Å². The van der Waals surface area contributed by atoms with Crippen LogP contribution >= 0.6 is 0 Å². The van der Waals surface area contributed by atoms with Crippen molar-refractivity contribution in [1.29, 1.82) is 0 Å². The summed E-state index contributed by atoms with van der Waals surface area (Å²) in [7, 11) is 1.85. The van der Waals surface area contributed by atoms with Gasteiger partial charge in [-0.1, -0.05) is 12.1 Å². The highest BCUT2D eigenvalue weighted by Crippen LogP contribution is 2.31. The third-order valence-electron chi connectivity index (χ3n) is 2.75. The number of allylic oxidation sites excluding steroid dienone is 1. The van der Waals surface area contributed by atoms with Gasteiger partial charge in [0.2, 0.25) is 0 Å². The van der Waals surface area contributed by atoms with Crippen molar-refractivity contribution >= 4 is 6.21 Å². The lowest BCUT2D eigenvalue weighted by Gasteiger charge is -2.27. The van der Waals surface area contributed by atoms with Gasteiger partial charge in [-0.2, -0.15) is 13.2 Å². The van der Waals surface area contributed by atoms with Crippen LogP contribution in [0.2, 0.25) is 0 Å². The van der Waals surface area contributed by atoms with Crippen LogP contribution in [0.5, 0.6) is 0 Å². The largest absolute Gasteiger partial charge is 0.416 e. The minimum Gasteiger partial charge on any atom is -0.355 e. The zero-order valence-corrected chi connectivity index (χ0v) is 10.1. The van der Waals surface area contributed by atoms with Crippen molar-refractivity contribution in [2.45, 2.75) is 19.3 Å². The van der Waals surface area contributed by atoms with Gasteiger partial charge in [0.15, 0.2) is 0 Å². The van der Waals surface area contributed by atoms with Crippen LogP contribution in [0.4, 0.5) is 13.2 Å². The lowest BCUT2D eigenvalue weighted by Crippen LogP contribution is -2.21. The Morgan fingerprint density at radius 1 is 1.17 bits per heavy atom. The van der Waals surface area contributed by atoms with Gasteiger partial charge in [0, 0.05) is 19.5 Å². The first kappa shape index (κ1) is 12.7. The molecule has 1 aliphatic rings. The molecule has 1 aliphatic heterocycles. The first-order valence-corrected chi connectivity index (χ1v) is 5.48. The molecule has 1 atom stereocenters. The standard InChI is InChI=1S/C13H13F3N2/c1-9-7-17-12(18(2)8-9)10-3-5-11(6-4-10)13(14,15)16/h3-8,12H,1-2H3. The average Bonchev–Trinajstić information content (AvgIpc) is 2.28. The normalized spacial score (nSPS) is 19.9. The molecule has 0 bridgehead atoms. The summed E-state index contributed by atoms with van der Waals surface area (Å²) >= 11 is 0. The molecular formula is C13H13F3N2. The molecule has 1 heterocycles. The Bertz CT molecular complexity index is 486. The van der Waals surface area contributed by atoms with Gasteiger partial charge in [-0.25, -0.2) is 0 Å². The summed E-state index contributed by atoms with van der Waals surface area (Å²) in [5.74, 6) is 0. The van der Waals surface area contributed by atoms with Crippen LogP contribution in [0.25, 0.3) is 0 Å². The van der Waals surface area contributed by atoms with Gasteiger partial charge < -0.3 is 4.90 Å². The second kappa shape index (κ2) is 4.48. The van der Waals surface area contributed by atoms with E-state index < -0.39 is 11.7 Å². The van der Waals surface area contributed by atoms with Gasteiger partial charge in [-0.15, -0.1) is 0 Å². The molecule has 5 heteroatoms. The third kappa shape index (κ3) is 2.55. The lowest BCUT2D eigenvalue weighted by atomic mass is 10.1. The van der Waals surface area contributed by atoms with Gasteiger partial charge >= 0.3 is 6.18 Å². The number of hydrogen-bond acceptors (Lipinski definition) is 2. The van der Waals surface area contributed by atoms with E-state index in [2.05, 4.69) is 4.99 Å². The molecule has 0 fully saturated rings. The van der Waals surface area contributed by atoms with E-state index in [1.807, 2.05) is 25.1 Å². The molecule has 0 saturated heterocycles. The highest BCUT2D eigenvalue weighted by atomic mass is 19.4. The van der Waals surface area contributed by atoms with E-state index in [9.17, 15) is 13.2 Å². The van der Waals surface area contributed by atoms with Crippen molar-refractivity contribution in [3.05, 3.63) is 47.2 Å². The summed E-state index contributed by atoms with van der Waals surface area (Å²) in [5, 5.41) is 0. The van der Waals surface area contributed by atoms with Crippen LogP contribution in [0.1, 0.15) is 24.2 Å². The topological polar surface area (TPSA) is 15.6 Å². The highest BCUT2D eigenvalue weighted by Gasteiger charge is 2.30. The maximum absolute atomic E-state index is 12.4. The Kier molecular flexibility index (Phi) is 3.15. The average molecular weight is 254 g/mol. The van der Waals surface area contributed by atoms with Crippen molar-refractivity contribution < 1.29 is 13.2 Å². The summed E-state index contributed by atoms with van der Waals surface area (Å²) < 4.78 is 37.3. The molecular weight excluding hydrogens is 241 g/mol. The maximum atomic E-state index is 12.4. The molecule has 18 heavy (non-hydrogen) atoms. The minimum absolute atomic E-state index is 0.254. The van der Waals surface area contributed by atoms with Crippen molar-refractivity contribution in [3.63, 3.8) is 0 Å². The third-order valence-corrected chi connectivity index (χ3v) is 2.75.